The van der Waals surface area contributed by atoms with E-state index in [1.165, 1.54) is 31.5 Å². The smallest absolute Gasteiger partial charge is 0.141 e. The Morgan fingerprint density at radius 1 is 1.25 bits per heavy atom. The summed E-state index contributed by atoms with van der Waals surface area (Å²) in [6.07, 6.45) is 5.18. The van der Waals surface area contributed by atoms with Crippen molar-refractivity contribution in [1.82, 2.24) is 10.3 Å². The van der Waals surface area contributed by atoms with Crippen LogP contribution in [0, 0.1) is 23.6 Å². The van der Waals surface area contributed by atoms with Gasteiger partial charge in [0.1, 0.15) is 5.82 Å². The summed E-state index contributed by atoms with van der Waals surface area (Å²) >= 11 is 0. The van der Waals surface area contributed by atoms with Crippen molar-refractivity contribution in [2.75, 3.05) is 0 Å². The second-order valence-electron chi connectivity index (χ2n) is 6.72. The lowest BCUT2D eigenvalue weighted by atomic mass is 9.74. The average Bonchev–Trinajstić information content (AvgIpc) is 2.39. The average molecular weight is 278 g/mol. The fourth-order valence-corrected chi connectivity index (χ4v) is 3.44. The zero-order valence-corrected chi connectivity index (χ0v) is 13.1. The van der Waals surface area contributed by atoms with E-state index in [-0.39, 0.29) is 11.9 Å². The molecule has 0 amide bonds. The lowest BCUT2D eigenvalue weighted by Gasteiger charge is -2.39. The number of hydrogen-bond acceptors (Lipinski definition) is 2. The highest BCUT2D eigenvalue weighted by atomic mass is 19.1. The minimum absolute atomic E-state index is 0.173. The van der Waals surface area contributed by atoms with Crippen LogP contribution in [-0.2, 0) is 0 Å². The lowest BCUT2D eigenvalue weighted by Crippen LogP contribution is -2.44. The molecule has 0 spiro atoms. The maximum absolute atomic E-state index is 12.9. The second-order valence-corrected chi connectivity index (χ2v) is 6.72. The molecule has 1 N–H and O–H groups in total. The number of hydrogen-bond donors (Lipinski definition) is 1. The predicted octanol–water partition coefficient (Wildman–Crippen LogP) is 4.33. The normalized spacial score (nSPS) is 28.6. The molecule has 4 atom stereocenters. The number of nitrogens with one attached hydrogen (secondary N) is 1. The molecule has 20 heavy (non-hydrogen) atoms. The molecule has 2 rings (SSSR count). The summed E-state index contributed by atoms with van der Waals surface area (Å²) in [6.45, 7) is 9.09. The molecule has 1 aromatic rings. The van der Waals surface area contributed by atoms with Crippen molar-refractivity contribution in [3.8, 4) is 0 Å². The molecule has 0 radical (unpaired) electrons. The largest absolute Gasteiger partial charge is 0.306 e. The van der Waals surface area contributed by atoms with Crippen molar-refractivity contribution in [3.05, 3.63) is 29.8 Å². The summed E-state index contributed by atoms with van der Waals surface area (Å²) in [6, 6.07) is 3.99. The Morgan fingerprint density at radius 3 is 2.60 bits per heavy atom. The first-order valence-electron chi connectivity index (χ1n) is 7.85. The van der Waals surface area contributed by atoms with E-state index in [1.807, 2.05) is 0 Å². The number of nitrogens with zero attached hydrogens (tertiary/aromatic N) is 1. The van der Waals surface area contributed by atoms with Crippen LogP contribution in [0.5, 0.6) is 0 Å². The molecule has 1 fully saturated rings. The molecule has 1 aromatic heterocycles. The van der Waals surface area contributed by atoms with Crippen LogP contribution >= 0.6 is 0 Å². The van der Waals surface area contributed by atoms with E-state index < -0.39 is 0 Å². The maximum atomic E-state index is 12.9. The Kier molecular flexibility index (Phi) is 5.14. The van der Waals surface area contributed by atoms with E-state index in [0.29, 0.717) is 12.0 Å². The molecule has 1 heterocycles. The minimum Gasteiger partial charge on any atom is -0.306 e. The van der Waals surface area contributed by atoms with Crippen LogP contribution in [0.4, 0.5) is 4.39 Å². The van der Waals surface area contributed by atoms with Crippen molar-refractivity contribution < 1.29 is 4.39 Å². The summed E-state index contributed by atoms with van der Waals surface area (Å²) in [5.41, 5.74) is 0.923. The van der Waals surface area contributed by atoms with Crippen LogP contribution in [0.15, 0.2) is 18.3 Å². The van der Waals surface area contributed by atoms with Crippen LogP contribution in [0.2, 0.25) is 0 Å². The Bertz CT molecular complexity index is 416. The van der Waals surface area contributed by atoms with E-state index in [4.69, 9.17) is 0 Å². The first-order chi connectivity index (χ1) is 9.47. The highest BCUT2D eigenvalue weighted by Crippen LogP contribution is 2.34. The molecule has 0 saturated heterocycles. The summed E-state index contributed by atoms with van der Waals surface area (Å²) in [5.74, 6) is 1.95. The van der Waals surface area contributed by atoms with Gasteiger partial charge in [0.25, 0.3) is 0 Å². The van der Waals surface area contributed by atoms with Gasteiger partial charge in [-0.2, -0.15) is 0 Å². The molecule has 1 aliphatic carbocycles. The Labute approximate surface area is 122 Å². The summed E-state index contributed by atoms with van der Waals surface area (Å²) in [4.78, 5) is 4.20. The van der Waals surface area contributed by atoms with Crippen LogP contribution < -0.4 is 5.32 Å². The van der Waals surface area contributed by atoms with Gasteiger partial charge in [0.2, 0.25) is 0 Å². The third-order valence-corrected chi connectivity index (χ3v) is 4.68. The van der Waals surface area contributed by atoms with Crippen molar-refractivity contribution >= 4 is 0 Å². The molecule has 3 heteroatoms. The van der Waals surface area contributed by atoms with E-state index in [0.717, 1.165) is 17.5 Å². The van der Waals surface area contributed by atoms with Gasteiger partial charge in [-0.05, 0) is 49.7 Å². The quantitative estimate of drug-likeness (QED) is 0.886. The van der Waals surface area contributed by atoms with Gasteiger partial charge in [0.15, 0.2) is 0 Å². The number of pyridine rings is 1. The molecular weight excluding hydrogens is 251 g/mol. The van der Waals surface area contributed by atoms with E-state index >= 15 is 0 Å². The standard InChI is InChI=1S/C17H27FN2/c1-11(2)15-7-5-12(3)9-17(15)20-13(4)16-8-6-14(18)10-19-16/h6,8,10-13,15,17,20H,5,7,9H2,1-4H3. The first-order valence-corrected chi connectivity index (χ1v) is 7.85. The van der Waals surface area contributed by atoms with Crippen LogP contribution in [-0.4, -0.2) is 11.0 Å². The molecule has 112 valence electrons. The zero-order valence-electron chi connectivity index (χ0n) is 13.1. The molecular formula is C17H27FN2. The van der Waals surface area contributed by atoms with Gasteiger partial charge in [-0.25, -0.2) is 4.39 Å². The summed E-state index contributed by atoms with van der Waals surface area (Å²) in [7, 11) is 0. The van der Waals surface area contributed by atoms with Gasteiger partial charge in [-0.15, -0.1) is 0 Å². The van der Waals surface area contributed by atoms with E-state index in [1.54, 1.807) is 6.07 Å². The van der Waals surface area contributed by atoms with Crippen molar-refractivity contribution in [3.63, 3.8) is 0 Å². The first kappa shape index (κ1) is 15.4. The molecule has 0 aliphatic heterocycles. The van der Waals surface area contributed by atoms with Gasteiger partial charge < -0.3 is 5.32 Å². The van der Waals surface area contributed by atoms with Gasteiger partial charge in [-0.1, -0.05) is 27.2 Å². The van der Waals surface area contributed by atoms with Gasteiger partial charge in [0.05, 0.1) is 11.9 Å². The number of aromatic nitrogens is 1. The fourth-order valence-electron chi connectivity index (χ4n) is 3.44. The Hall–Kier alpha value is -0.960. The maximum Gasteiger partial charge on any atom is 0.141 e. The number of halogens is 1. The third-order valence-electron chi connectivity index (χ3n) is 4.68. The van der Waals surface area contributed by atoms with Crippen molar-refractivity contribution in [2.24, 2.45) is 17.8 Å². The molecule has 4 unspecified atom stereocenters. The molecule has 0 bridgehead atoms. The van der Waals surface area contributed by atoms with E-state index in [9.17, 15) is 4.39 Å². The molecule has 1 aliphatic rings. The molecule has 1 saturated carbocycles. The summed E-state index contributed by atoms with van der Waals surface area (Å²) < 4.78 is 12.9. The van der Waals surface area contributed by atoms with Gasteiger partial charge in [-0.3, -0.25) is 4.98 Å². The van der Waals surface area contributed by atoms with Crippen LogP contribution in [0.1, 0.15) is 58.7 Å². The molecule has 2 nitrogen and oxygen atoms in total. The fraction of sp³-hybridized carbons (Fsp3) is 0.706. The van der Waals surface area contributed by atoms with Crippen molar-refractivity contribution in [2.45, 2.75) is 59.0 Å². The lowest BCUT2D eigenvalue weighted by molar-refractivity contribution is 0.160. The van der Waals surface area contributed by atoms with Crippen molar-refractivity contribution in [1.29, 1.82) is 0 Å². The van der Waals surface area contributed by atoms with E-state index in [2.05, 4.69) is 38.0 Å². The second kappa shape index (κ2) is 6.66. The van der Waals surface area contributed by atoms with Crippen LogP contribution in [0.25, 0.3) is 0 Å². The third kappa shape index (κ3) is 3.78. The zero-order chi connectivity index (χ0) is 14.7. The van der Waals surface area contributed by atoms with Gasteiger partial charge in [0, 0.05) is 12.1 Å². The molecule has 0 aromatic carbocycles. The minimum atomic E-state index is -0.271. The highest BCUT2D eigenvalue weighted by molar-refractivity contribution is 5.09. The predicted molar refractivity (Wildman–Crippen MR) is 80.9 cm³/mol. The summed E-state index contributed by atoms with van der Waals surface area (Å²) in [5, 5.41) is 3.73. The highest BCUT2D eigenvalue weighted by Gasteiger charge is 2.31. The SMILES string of the molecule is CC1CCC(C(C)C)C(NC(C)c2ccc(F)cn2)C1. The Balaban J connectivity index is 2.03. The van der Waals surface area contributed by atoms with Gasteiger partial charge >= 0.3 is 0 Å². The number of rotatable bonds is 4. The monoisotopic (exact) mass is 278 g/mol. The van der Waals surface area contributed by atoms with Crippen LogP contribution in [0.3, 0.4) is 0 Å². The Morgan fingerprint density at radius 2 is 2.00 bits per heavy atom. The topological polar surface area (TPSA) is 24.9 Å².